The highest BCUT2D eigenvalue weighted by Crippen LogP contribution is 2.25. The molecule has 0 spiro atoms. The Morgan fingerprint density at radius 3 is 1.95 bits per heavy atom. The first-order valence-corrected chi connectivity index (χ1v) is 14.2. The Morgan fingerprint density at radius 1 is 0.842 bits per heavy atom. The summed E-state index contributed by atoms with van der Waals surface area (Å²) in [5, 5.41) is 2.91. The Hall–Kier alpha value is -3.56. The number of amides is 2. The van der Waals surface area contributed by atoms with E-state index in [1.807, 2.05) is 26.0 Å². The maximum atomic E-state index is 13.9. The van der Waals surface area contributed by atoms with E-state index < -0.39 is 34.3 Å². The Kier molecular flexibility index (Phi) is 10.2. The maximum Gasteiger partial charge on any atom is 0.247 e. The predicted molar refractivity (Wildman–Crippen MR) is 146 cm³/mol. The molecule has 0 aliphatic heterocycles. The van der Waals surface area contributed by atoms with Gasteiger partial charge in [-0.2, -0.15) is 4.31 Å². The zero-order valence-electron chi connectivity index (χ0n) is 21.9. The fourth-order valence-electron chi connectivity index (χ4n) is 3.94. The van der Waals surface area contributed by atoms with E-state index >= 15 is 0 Å². The first-order valence-electron chi connectivity index (χ1n) is 12.4. The van der Waals surface area contributed by atoms with Crippen molar-refractivity contribution in [2.75, 3.05) is 19.3 Å². The van der Waals surface area contributed by atoms with E-state index in [1.54, 1.807) is 60.7 Å². The van der Waals surface area contributed by atoms with E-state index in [0.29, 0.717) is 17.7 Å². The number of hydrogen-bond acceptors (Lipinski definition) is 4. The van der Waals surface area contributed by atoms with E-state index in [9.17, 15) is 22.4 Å². The van der Waals surface area contributed by atoms with E-state index in [0.717, 1.165) is 16.1 Å². The summed E-state index contributed by atoms with van der Waals surface area (Å²) in [4.78, 5) is 28.8. The molecule has 0 radical (unpaired) electrons. The minimum atomic E-state index is -3.77. The van der Waals surface area contributed by atoms with Crippen molar-refractivity contribution in [2.24, 2.45) is 5.92 Å². The summed E-state index contributed by atoms with van der Waals surface area (Å²) in [5.74, 6) is -1.17. The molecular weight excluding hydrogens is 505 g/mol. The molecule has 0 aromatic heterocycles. The molecule has 0 aliphatic carbocycles. The lowest BCUT2D eigenvalue weighted by atomic mass is 10.0. The van der Waals surface area contributed by atoms with Crippen LogP contribution in [-0.4, -0.2) is 48.8 Å². The van der Waals surface area contributed by atoms with Gasteiger partial charge in [0.2, 0.25) is 21.8 Å². The molecule has 9 heteroatoms. The lowest BCUT2D eigenvalue weighted by molar-refractivity contribution is -0.141. The van der Waals surface area contributed by atoms with Crippen molar-refractivity contribution < 1.29 is 22.4 Å². The number of rotatable bonds is 12. The van der Waals surface area contributed by atoms with Crippen LogP contribution in [-0.2, 0) is 32.7 Å². The summed E-state index contributed by atoms with van der Waals surface area (Å²) in [6, 6.07) is 22.5. The highest BCUT2D eigenvalue weighted by Gasteiger charge is 2.33. The number of nitrogens with zero attached hydrogens (tertiary/aromatic N) is 2. The van der Waals surface area contributed by atoms with Crippen LogP contribution in [0.15, 0.2) is 84.9 Å². The standard InChI is InChI=1S/C29H34FN3O4S/c1-22(2)18-31-29(35)28(25-12-8-5-9-13-25)33(20-24-14-16-26(30)17-15-24)27(34)21-32(38(3,36)37)19-23-10-6-4-7-11-23/h4-17,22,28H,18-21H2,1-3H3,(H,31,35)/t28-/m0/s1. The molecule has 2 amide bonds. The van der Waals surface area contributed by atoms with Gasteiger partial charge in [0, 0.05) is 19.6 Å². The zero-order valence-corrected chi connectivity index (χ0v) is 22.7. The topological polar surface area (TPSA) is 86.8 Å². The minimum absolute atomic E-state index is 0.00531. The second kappa shape index (κ2) is 13.3. The van der Waals surface area contributed by atoms with Crippen LogP contribution in [0.1, 0.15) is 36.6 Å². The number of benzene rings is 3. The molecular formula is C29H34FN3O4S. The smallest absolute Gasteiger partial charge is 0.247 e. The highest BCUT2D eigenvalue weighted by molar-refractivity contribution is 7.88. The molecule has 0 aliphatic rings. The van der Waals surface area contributed by atoms with Crippen molar-refractivity contribution in [1.29, 1.82) is 0 Å². The third-order valence-electron chi connectivity index (χ3n) is 5.93. The molecule has 3 aromatic rings. The maximum absolute atomic E-state index is 13.9. The van der Waals surface area contributed by atoms with Crippen molar-refractivity contribution in [3.05, 3.63) is 107 Å². The van der Waals surface area contributed by atoms with E-state index in [4.69, 9.17) is 0 Å². The molecule has 3 aromatic carbocycles. The van der Waals surface area contributed by atoms with Gasteiger partial charge in [-0.25, -0.2) is 12.8 Å². The average Bonchev–Trinajstić information content (AvgIpc) is 2.88. The normalized spacial score (nSPS) is 12.4. The highest BCUT2D eigenvalue weighted by atomic mass is 32.2. The van der Waals surface area contributed by atoms with Crippen LogP contribution >= 0.6 is 0 Å². The van der Waals surface area contributed by atoms with Gasteiger partial charge in [0.1, 0.15) is 11.9 Å². The fourth-order valence-corrected chi connectivity index (χ4v) is 4.67. The fraction of sp³-hybridized carbons (Fsp3) is 0.310. The predicted octanol–water partition coefficient (Wildman–Crippen LogP) is 4.13. The summed E-state index contributed by atoms with van der Waals surface area (Å²) in [7, 11) is -3.77. The molecule has 202 valence electrons. The molecule has 0 saturated heterocycles. The molecule has 38 heavy (non-hydrogen) atoms. The summed E-state index contributed by atoms with van der Waals surface area (Å²) >= 11 is 0. The van der Waals surface area contributed by atoms with Gasteiger partial charge in [-0.1, -0.05) is 86.6 Å². The zero-order chi connectivity index (χ0) is 27.7. The molecule has 3 rings (SSSR count). The van der Waals surface area contributed by atoms with Crippen LogP contribution < -0.4 is 5.32 Å². The van der Waals surface area contributed by atoms with Crippen molar-refractivity contribution in [3.8, 4) is 0 Å². The van der Waals surface area contributed by atoms with Crippen LogP contribution in [0.3, 0.4) is 0 Å². The van der Waals surface area contributed by atoms with Gasteiger partial charge in [-0.3, -0.25) is 9.59 Å². The second-order valence-electron chi connectivity index (χ2n) is 9.62. The first kappa shape index (κ1) is 29.0. The van der Waals surface area contributed by atoms with Gasteiger partial charge in [0.05, 0.1) is 12.8 Å². The van der Waals surface area contributed by atoms with Crippen molar-refractivity contribution >= 4 is 21.8 Å². The van der Waals surface area contributed by atoms with Crippen LogP contribution in [0.25, 0.3) is 0 Å². The van der Waals surface area contributed by atoms with Gasteiger partial charge in [-0.05, 0) is 34.7 Å². The second-order valence-corrected chi connectivity index (χ2v) is 11.6. The number of carbonyl (C=O) groups is 2. The first-order chi connectivity index (χ1) is 18.0. The third kappa shape index (κ3) is 8.49. The van der Waals surface area contributed by atoms with Crippen molar-refractivity contribution in [2.45, 2.75) is 33.0 Å². The quantitative estimate of drug-likeness (QED) is 0.375. The van der Waals surface area contributed by atoms with Crippen LogP contribution in [0, 0.1) is 11.7 Å². The van der Waals surface area contributed by atoms with Gasteiger partial charge in [0.15, 0.2) is 0 Å². The number of halogens is 1. The van der Waals surface area contributed by atoms with Crippen LogP contribution in [0.4, 0.5) is 4.39 Å². The summed E-state index contributed by atoms with van der Waals surface area (Å²) in [5.41, 5.74) is 1.91. The van der Waals surface area contributed by atoms with E-state index in [-0.39, 0.29) is 24.9 Å². The Morgan fingerprint density at radius 2 is 1.39 bits per heavy atom. The lowest BCUT2D eigenvalue weighted by Gasteiger charge is -2.33. The molecule has 7 nitrogen and oxygen atoms in total. The molecule has 0 saturated carbocycles. The molecule has 1 N–H and O–H groups in total. The van der Waals surface area contributed by atoms with Gasteiger partial charge in [-0.15, -0.1) is 0 Å². The minimum Gasteiger partial charge on any atom is -0.354 e. The monoisotopic (exact) mass is 539 g/mol. The molecule has 0 bridgehead atoms. The van der Waals surface area contributed by atoms with Crippen LogP contribution in [0.2, 0.25) is 0 Å². The van der Waals surface area contributed by atoms with Gasteiger partial charge in [0.25, 0.3) is 0 Å². The molecule has 0 unspecified atom stereocenters. The Balaban J connectivity index is 2.01. The molecule has 1 atom stereocenters. The SMILES string of the molecule is CC(C)CNC(=O)[C@H](c1ccccc1)N(Cc1ccc(F)cc1)C(=O)CN(Cc1ccccc1)S(C)(=O)=O. The van der Waals surface area contributed by atoms with Crippen molar-refractivity contribution in [1.82, 2.24) is 14.5 Å². The summed E-state index contributed by atoms with van der Waals surface area (Å²) in [6.07, 6.45) is 1.05. The van der Waals surface area contributed by atoms with E-state index in [1.165, 1.54) is 17.0 Å². The Labute approximate surface area is 224 Å². The van der Waals surface area contributed by atoms with E-state index in [2.05, 4.69) is 5.32 Å². The third-order valence-corrected chi connectivity index (χ3v) is 7.13. The van der Waals surface area contributed by atoms with Crippen molar-refractivity contribution in [3.63, 3.8) is 0 Å². The summed E-state index contributed by atoms with van der Waals surface area (Å²) < 4.78 is 40.0. The largest absolute Gasteiger partial charge is 0.354 e. The number of carbonyl (C=O) groups excluding carboxylic acids is 2. The number of hydrogen-bond donors (Lipinski definition) is 1. The van der Waals surface area contributed by atoms with Gasteiger partial charge < -0.3 is 10.2 Å². The molecule has 0 heterocycles. The van der Waals surface area contributed by atoms with Crippen LogP contribution in [0.5, 0.6) is 0 Å². The average molecular weight is 540 g/mol. The number of nitrogens with one attached hydrogen (secondary N) is 1. The van der Waals surface area contributed by atoms with Gasteiger partial charge >= 0.3 is 0 Å². The molecule has 0 fully saturated rings. The summed E-state index contributed by atoms with van der Waals surface area (Å²) in [6.45, 7) is 3.86. The lowest BCUT2D eigenvalue weighted by Crippen LogP contribution is -2.48. The number of sulfonamides is 1. The Bertz CT molecular complexity index is 1300.